The van der Waals surface area contributed by atoms with Crippen molar-refractivity contribution in [2.75, 3.05) is 0 Å². The largest absolute Gasteiger partial charge is 0.478 e. The first kappa shape index (κ1) is 22.7. The molecule has 0 saturated heterocycles. The van der Waals surface area contributed by atoms with Gasteiger partial charge in [0.25, 0.3) is 0 Å². The Morgan fingerprint density at radius 1 is 0.885 bits per heavy atom. The van der Waals surface area contributed by atoms with Crippen LogP contribution in [0.15, 0.2) is 55.1 Å². The summed E-state index contributed by atoms with van der Waals surface area (Å²) in [5.41, 5.74) is 0.316. The Labute approximate surface area is 167 Å². The van der Waals surface area contributed by atoms with E-state index in [0.717, 1.165) is 6.07 Å². The van der Waals surface area contributed by atoms with Crippen molar-refractivity contribution < 1.29 is 26.7 Å². The first-order chi connectivity index (χ1) is 11.7. The van der Waals surface area contributed by atoms with Crippen molar-refractivity contribution in [3.05, 3.63) is 56.5 Å². The number of carbonyl (C=O) groups is 1. The van der Waals surface area contributed by atoms with Gasteiger partial charge >= 0.3 is 5.97 Å². The van der Waals surface area contributed by atoms with E-state index in [2.05, 4.69) is 31.9 Å². The van der Waals surface area contributed by atoms with Crippen molar-refractivity contribution in [3.8, 4) is 0 Å². The molecule has 8 nitrogen and oxygen atoms in total. The van der Waals surface area contributed by atoms with Gasteiger partial charge < -0.3 is 5.11 Å². The number of aryl methyl sites for hydroxylation is 1. The van der Waals surface area contributed by atoms with Gasteiger partial charge in [-0.2, -0.15) is 0 Å². The summed E-state index contributed by atoms with van der Waals surface area (Å²) in [5.74, 6) is -1.33. The lowest BCUT2D eigenvalue weighted by atomic mass is 10.2. The van der Waals surface area contributed by atoms with E-state index < -0.39 is 30.9 Å². The number of sulfonamides is 2. The third-order valence-electron chi connectivity index (χ3n) is 2.94. The van der Waals surface area contributed by atoms with Crippen LogP contribution in [-0.2, 0) is 20.0 Å². The molecule has 2 aromatic carbocycles. The molecule has 0 aliphatic carbocycles. The van der Waals surface area contributed by atoms with Crippen LogP contribution >= 0.6 is 31.9 Å². The highest BCUT2D eigenvalue weighted by Gasteiger charge is 2.18. The minimum absolute atomic E-state index is 0.164. The number of benzene rings is 2. The first-order valence-corrected chi connectivity index (χ1v) is 11.3. The molecule has 142 valence electrons. The number of nitrogens with two attached hydrogens (primary N) is 2. The number of hydrogen-bond acceptors (Lipinski definition) is 5. The van der Waals surface area contributed by atoms with Gasteiger partial charge in [0.05, 0.1) is 15.4 Å². The summed E-state index contributed by atoms with van der Waals surface area (Å²) in [6.07, 6.45) is 0. The maximum absolute atomic E-state index is 11.0. The van der Waals surface area contributed by atoms with Crippen LogP contribution in [0.3, 0.4) is 0 Å². The molecule has 0 fully saturated rings. The third kappa shape index (κ3) is 6.45. The minimum atomic E-state index is -4.01. The summed E-state index contributed by atoms with van der Waals surface area (Å²) >= 11 is 6.19. The summed E-state index contributed by atoms with van der Waals surface area (Å²) in [4.78, 5) is 10.4. The lowest BCUT2D eigenvalue weighted by Gasteiger charge is -2.03. The zero-order valence-corrected chi connectivity index (χ0v) is 18.0. The average molecular weight is 530 g/mol. The summed E-state index contributed by atoms with van der Waals surface area (Å²) in [7, 11) is -7.60. The fourth-order valence-electron chi connectivity index (χ4n) is 1.79. The predicted molar refractivity (Wildman–Crippen MR) is 103 cm³/mol. The number of carboxylic acids is 1. The Morgan fingerprint density at radius 2 is 1.31 bits per heavy atom. The van der Waals surface area contributed by atoms with Gasteiger partial charge in [0.2, 0.25) is 20.0 Å². The third-order valence-corrected chi connectivity index (χ3v) is 5.93. The molecule has 0 amide bonds. The normalized spacial score (nSPS) is 11.4. The van der Waals surface area contributed by atoms with E-state index in [-0.39, 0.29) is 10.5 Å². The highest BCUT2D eigenvalue weighted by Crippen LogP contribution is 2.20. The van der Waals surface area contributed by atoms with E-state index in [1.807, 2.05) is 0 Å². The molecule has 0 aromatic heterocycles. The molecule has 2 aromatic rings. The number of aromatic carboxylic acids is 1. The molecule has 5 N–H and O–H groups in total. The van der Waals surface area contributed by atoms with E-state index in [0.29, 0.717) is 14.5 Å². The lowest BCUT2D eigenvalue weighted by molar-refractivity contribution is 0.0692. The van der Waals surface area contributed by atoms with Crippen LogP contribution in [0.4, 0.5) is 0 Å². The maximum atomic E-state index is 11.0. The molecule has 0 spiro atoms. The SMILES string of the molecule is Cc1ccc(Br)cc1S(N)(=O)=O.NS(=O)(=O)c1cc(Br)ccc1C(=O)O. The molecule has 0 aliphatic rings. The van der Waals surface area contributed by atoms with Crippen molar-refractivity contribution in [3.63, 3.8) is 0 Å². The van der Waals surface area contributed by atoms with Crippen molar-refractivity contribution in [2.45, 2.75) is 16.7 Å². The van der Waals surface area contributed by atoms with Crippen molar-refractivity contribution in [1.82, 2.24) is 0 Å². The van der Waals surface area contributed by atoms with Gasteiger partial charge in [-0.25, -0.2) is 31.9 Å². The van der Waals surface area contributed by atoms with Crippen LogP contribution in [0.1, 0.15) is 15.9 Å². The van der Waals surface area contributed by atoms with Gasteiger partial charge in [-0.05, 0) is 42.8 Å². The lowest BCUT2D eigenvalue weighted by Crippen LogP contribution is -2.16. The topological polar surface area (TPSA) is 158 Å². The van der Waals surface area contributed by atoms with Gasteiger partial charge in [0.1, 0.15) is 0 Å². The fraction of sp³-hybridized carbons (Fsp3) is 0.0714. The Bertz CT molecular complexity index is 1050. The second-order valence-corrected chi connectivity index (χ2v) is 9.84. The van der Waals surface area contributed by atoms with Crippen LogP contribution in [0.5, 0.6) is 0 Å². The van der Waals surface area contributed by atoms with Gasteiger partial charge in [-0.3, -0.25) is 0 Å². The summed E-state index contributed by atoms with van der Waals surface area (Å²) in [5, 5.41) is 18.5. The molecule has 12 heteroatoms. The Hall–Kier alpha value is -1.31. The van der Waals surface area contributed by atoms with Crippen LogP contribution in [0.2, 0.25) is 0 Å². The van der Waals surface area contributed by atoms with E-state index in [1.165, 1.54) is 18.2 Å². The summed E-state index contributed by atoms with van der Waals surface area (Å²) < 4.78 is 45.1. The molecule has 0 bridgehead atoms. The quantitative estimate of drug-likeness (QED) is 0.552. The zero-order chi connectivity index (χ0) is 20.3. The summed E-state index contributed by atoms with van der Waals surface area (Å²) in [6.45, 7) is 1.70. The first-order valence-electron chi connectivity index (χ1n) is 6.58. The van der Waals surface area contributed by atoms with Crippen LogP contribution in [0.25, 0.3) is 0 Å². The van der Waals surface area contributed by atoms with Crippen molar-refractivity contribution in [2.24, 2.45) is 10.3 Å². The molecular formula is C14H14Br2N2O6S2. The predicted octanol–water partition coefficient (Wildman–Crippen LogP) is 2.20. The van der Waals surface area contributed by atoms with Gasteiger partial charge in [0.15, 0.2) is 0 Å². The Balaban J connectivity index is 0.000000263. The zero-order valence-electron chi connectivity index (χ0n) is 13.2. The molecular weight excluding hydrogens is 516 g/mol. The Kier molecular flexibility index (Phi) is 7.51. The molecule has 26 heavy (non-hydrogen) atoms. The molecule has 0 unspecified atom stereocenters. The minimum Gasteiger partial charge on any atom is -0.478 e. The standard InChI is InChI=1S/C7H6BrNO4S.C7H8BrNO2S/c8-4-1-2-5(7(10)11)6(3-4)14(9,12)13;1-5-2-3-6(8)4-7(5)12(9,10)11/h1-3H,(H,10,11)(H2,9,12,13);2-4H,1H3,(H2,9,10,11). The average Bonchev–Trinajstić information content (AvgIpc) is 2.48. The van der Waals surface area contributed by atoms with Gasteiger partial charge in [-0.1, -0.05) is 37.9 Å². The van der Waals surface area contributed by atoms with E-state index >= 15 is 0 Å². The highest BCUT2D eigenvalue weighted by molar-refractivity contribution is 9.10. The number of primary sulfonamides is 2. The van der Waals surface area contributed by atoms with E-state index in [9.17, 15) is 21.6 Å². The molecule has 0 heterocycles. The molecule has 2 rings (SSSR count). The van der Waals surface area contributed by atoms with Crippen LogP contribution in [0, 0.1) is 6.92 Å². The number of hydrogen-bond donors (Lipinski definition) is 3. The van der Waals surface area contributed by atoms with Crippen molar-refractivity contribution in [1.29, 1.82) is 0 Å². The summed E-state index contributed by atoms with van der Waals surface area (Å²) in [6, 6.07) is 8.71. The molecule has 0 aliphatic heterocycles. The maximum Gasteiger partial charge on any atom is 0.337 e. The molecule has 0 radical (unpaired) electrons. The molecule has 0 atom stereocenters. The van der Waals surface area contributed by atoms with Crippen LogP contribution < -0.4 is 10.3 Å². The van der Waals surface area contributed by atoms with Gasteiger partial charge in [0, 0.05) is 8.95 Å². The highest BCUT2D eigenvalue weighted by atomic mass is 79.9. The Morgan fingerprint density at radius 3 is 1.69 bits per heavy atom. The second-order valence-electron chi connectivity index (χ2n) is 4.95. The second kappa shape index (κ2) is 8.59. The monoisotopic (exact) mass is 528 g/mol. The van der Waals surface area contributed by atoms with E-state index in [1.54, 1.807) is 19.1 Å². The smallest absolute Gasteiger partial charge is 0.337 e. The number of halogens is 2. The van der Waals surface area contributed by atoms with Crippen LogP contribution in [-0.4, -0.2) is 27.9 Å². The number of carboxylic acid groups (broad SMARTS) is 1. The van der Waals surface area contributed by atoms with E-state index in [4.69, 9.17) is 15.4 Å². The van der Waals surface area contributed by atoms with Gasteiger partial charge in [-0.15, -0.1) is 0 Å². The fourth-order valence-corrected chi connectivity index (χ4v) is 4.38. The molecule has 0 saturated carbocycles. The number of rotatable bonds is 3. The van der Waals surface area contributed by atoms with Crippen molar-refractivity contribution >= 4 is 57.9 Å².